The summed E-state index contributed by atoms with van der Waals surface area (Å²) in [5.41, 5.74) is 3.17. The standard InChI is InChI=1S/C13H16N2O/c1-9(2)12-8-13(16)14-15(12)11-6-4-10(3)5-7-11/h4-9H,1-3H3,(H,14,16). The summed E-state index contributed by atoms with van der Waals surface area (Å²) in [4.78, 5) is 11.4. The molecule has 1 aromatic carbocycles. The average Bonchev–Trinajstić information content (AvgIpc) is 2.61. The van der Waals surface area contributed by atoms with E-state index in [0.717, 1.165) is 11.4 Å². The van der Waals surface area contributed by atoms with Crippen molar-refractivity contribution in [1.29, 1.82) is 0 Å². The van der Waals surface area contributed by atoms with Crippen LogP contribution < -0.4 is 5.56 Å². The molecule has 0 amide bonds. The number of hydrogen-bond donors (Lipinski definition) is 1. The molecular formula is C13H16N2O. The second-order valence-corrected chi connectivity index (χ2v) is 4.37. The Morgan fingerprint density at radius 3 is 2.38 bits per heavy atom. The molecule has 84 valence electrons. The smallest absolute Gasteiger partial charge is 0.264 e. The van der Waals surface area contributed by atoms with E-state index >= 15 is 0 Å². The van der Waals surface area contributed by atoms with Crippen molar-refractivity contribution in [3.05, 3.63) is 51.9 Å². The van der Waals surface area contributed by atoms with Gasteiger partial charge in [-0.3, -0.25) is 14.6 Å². The minimum atomic E-state index is -0.0516. The van der Waals surface area contributed by atoms with E-state index in [0.29, 0.717) is 5.92 Å². The Hall–Kier alpha value is -1.77. The van der Waals surface area contributed by atoms with Crippen LogP contribution in [0.2, 0.25) is 0 Å². The topological polar surface area (TPSA) is 37.8 Å². The van der Waals surface area contributed by atoms with Crippen LogP contribution in [0.4, 0.5) is 0 Å². The minimum Gasteiger partial charge on any atom is -0.268 e. The van der Waals surface area contributed by atoms with Crippen molar-refractivity contribution in [2.45, 2.75) is 26.7 Å². The summed E-state index contributed by atoms with van der Waals surface area (Å²) in [5.74, 6) is 0.320. The molecule has 0 aliphatic carbocycles. The predicted octanol–water partition coefficient (Wildman–Crippen LogP) is 2.60. The lowest BCUT2D eigenvalue weighted by Gasteiger charge is -2.10. The highest BCUT2D eigenvalue weighted by Gasteiger charge is 2.09. The Balaban J connectivity index is 2.55. The van der Waals surface area contributed by atoms with Crippen molar-refractivity contribution in [3.8, 4) is 5.69 Å². The molecule has 16 heavy (non-hydrogen) atoms. The van der Waals surface area contributed by atoms with E-state index in [-0.39, 0.29) is 5.56 Å². The Bertz CT molecular complexity index is 532. The highest BCUT2D eigenvalue weighted by Crippen LogP contribution is 2.16. The van der Waals surface area contributed by atoms with Crippen molar-refractivity contribution in [1.82, 2.24) is 9.78 Å². The lowest BCUT2D eigenvalue weighted by molar-refractivity contribution is 0.731. The lowest BCUT2D eigenvalue weighted by Crippen LogP contribution is -2.06. The fraction of sp³-hybridized carbons (Fsp3) is 0.308. The number of nitrogens with one attached hydrogen (secondary N) is 1. The molecule has 0 bridgehead atoms. The van der Waals surface area contributed by atoms with Crippen LogP contribution in [0.1, 0.15) is 31.0 Å². The number of aryl methyl sites for hydroxylation is 1. The van der Waals surface area contributed by atoms with Crippen molar-refractivity contribution < 1.29 is 0 Å². The summed E-state index contributed by atoms with van der Waals surface area (Å²) in [6.07, 6.45) is 0. The Labute approximate surface area is 94.7 Å². The van der Waals surface area contributed by atoms with Crippen LogP contribution in [-0.4, -0.2) is 9.78 Å². The van der Waals surface area contributed by atoms with Crippen LogP contribution in [0.3, 0.4) is 0 Å². The van der Waals surface area contributed by atoms with Gasteiger partial charge in [0.15, 0.2) is 0 Å². The third kappa shape index (κ3) is 1.94. The number of aromatic nitrogens is 2. The second-order valence-electron chi connectivity index (χ2n) is 4.37. The van der Waals surface area contributed by atoms with E-state index < -0.39 is 0 Å². The van der Waals surface area contributed by atoms with Gasteiger partial charge in [-0.1, -0.05) is 31.5 Å². The quantitative estimate of drug-likeness (QED) is 0.823. The van der Waals surface area contributed by atoms with Gasteiger partial charge in [0, 0.05) is 11.8 Å². The molecule has 0 aliphatic heterocycles. The minimum absolute atomic E-state index is 0.0516. The number of benzene rings is 1. The normalized spacial score (nSPS) is 11.0. The SMILES string of the molecule is Cc1ccc(-n2[nH]c(=O)cc2C(C)C)cc1. The zero-order valence-electron chi connectivity index (χ0n) is 9.82. The van der Waals surface area contributed by atoms with Gasteiger partial charge in [-0.05, 0) is 25.0 Å². The Morgan fingerprint density at radius 2 is 1.81 bits per heavy atom. The van der Waals surface area contributed by atoms with E-state index in [4.69, 9.17) is 0 Å². The molecule has 3 heteroatoms. The van der Waals surface area contributed by atoms with Crippen molar-refractivity contribution in [2.24, 2.45) is 0 Å². The monoisotopic (exact) mass is 216 g/mol. The van der Waals surface area contributed by atoms with Crippen molar-refractivity contribution in [3.63, 3.8) is 0 Å². The molecule has 0 saturated heterocycles. The molecular weight excluding hydrogens is 200 g/mol. The average molecular weight is 216 g/mol. The summed E-state index contributed by atoms with van der Waals surface area (Å²) < 4.78 is 1.85. The molecule has 2 rings (SSSR count). The first-order valence-corrected chi connectivity index (χ1v) is 5.47. The maximum absolute atomic E-state index is 11.4. The van der Waals surface area contributed by atoms with E-state index in [9.17, 15) is 4.79 Å². The molecule has 0 fully saturated rings. The highest BCUT2D eigenvalue weighted by molar-refractivity contribution is 5.35. The molecule has 1 N–H and O–H groups in total. The van der Waals surface area contributed by atoms with Crippen LogP contribution >= 0.6 is 0 Å². The van der Waals surface area contributed by atoms with Crippen LogP contribution in [0.25, 0.3) is 5.69 Å². The van der Waals surface area contributed by atoms with Gasteiger partial charge < -0.3 is 0 Å². The van der Waals surface area contributed by atoms with Gasteiger partial charge >= 0.3 is 0 Å². The zero-order chi connectivity index (χ0) is 11.7. The van der Waals surface area contributed by atoms with Gasteiger partial charge in [-0.25, -0.2) is 0 Å². The molecule has 0 unspecified atom stereocenters. The van der Waals surface area contributed by atoms with Crippen molar-refractivity contribution >= 4 is 0 Å². The van der Waals surface area contributed by atoms with Gasteiger partial charge in [0.25, 0.3) is 5.56 Å². The van der Waals surface area contributed by atoms with Gasteiger partial charge in [-0.2, -0.15) is 0 Å². The third-order valence-corrected chi connectivity index (χ3v) is 2.64. The predicted molar refractivity (Wildman–Crippen MR) is 65.2 cm³/mol. The van der Waals surface area contributed by atoms with Crippen molar-refractivity contribution in [2.75, 3.05) is 0 Å². The number of H-pyrrole nitrogens is 1. The Kier molecular flexibility index (Phi) is 2.69. The summed E-state index contributed by atoms with van der Waals surface area (Å²) in [5, 5.41) is 2.82. The maximum Gasteiger partial charge on any atom is 0.264 e. The molecule has 0 spiro atoms. The first-order chi connectivity index (χ1) is 7.58. The molecule has 0 aliphatic rings. The fourth-order valence-electron chi connectivity index (χ4n) is 1.74. The summed E-state index contributed by atoms with van der Waals surface area (Å²) in [7, 11) is 0. The molecule has 0 saturated carbocycles. The number of hydrogen-bond acceptors (Lipinski definition) is 1. The molecule has 0 radical (unpaired) electrons. The van der Waals surface area contributed by atoms with E-state index in [2.05, 4.69) is 18.9 Å². The summed E-state index contributed by atoms with van der Waals surface area (Å²) in [6.45, 7) is 6.20. The van der Waals surface area contributed by atoms with Crippen LogP contribution in [0, 0.1) is 6.92 Å². The molecule has 0 atom stereocenters. The van der Waals surface area contributed by atoms with Crippen LogP contribution in [-0.2, 0) is 0 Å². The largest absolute Gasteiger partial charge is 0.268 e. The van der Waals surface area contributed by atoms with Gasteiger partial charge in [-0.15, -0.1) is 0 Å². The number of aromatic amines is 1. The molecule has 1 heterocycles. The van der Waals surface area contributed by atoms with E-state index in [1.54, 1.807) is 6.07 Å². The molecule has 3 nitrogen and oxygen atoms in total. The van der Waals surface area contributed by atoms with Gasteiger partial charge in [0.1, 0.15) is 0 Å². The molecule has 2 aromatic rings. The van der Waals surface area contributed by atoms with E-state index in [1.807, 2.05) is 35.9 Å². The highest BCUT2D eigenvalue weighted by atomic mass is 16.1. The Morgan fingerprint density at radius 1 is 1.19 bits per heavy atom. The second kappa shape index (κ2) is 4.00. The first-order valence-electron chi connectivity index (χ1n) is 5.47. The summed E-state index contributed by atoms with van der Waals surface area (Å²) in [6, 6.07) is 9.76. The molecule has 1 aromatic heterocycles. The number of rotatable bonds is 2. The summed E-state index contributed by atoms with van der Waals surface area (Å²) >= 11 is 0. The van der Waals surface area contributed by atoms with Crippen LogP contribution in [0.5, 0.6) is 0 Å². The number of nitrogens with zero attached hydrogens (tertiary/aromatic N) is 1. The van der Waals surface area contributed by atoms with E-state index in [1.165, 1.54) is 5.56 Å². The zero-order valence-corrected chi connectivity index (χ0v) is 9.82. The first kappa shape index (κ1) is 10.7. The fourth-order valence-corrected chi connectivity index (χ4v) is 1.74. The van der Waals surface area contributed by atoms with Gasteiger partial charge in [0.05, 0.1) is 5.69 Å². The lowest BCUT2D eigenvalue weighted by atomic mass is 10.1. The van der Waals surface area contributed by atoms with Gasteiger partial charge in [0.2, 0.25) is 0 Å². The third-order valence-electron chi connectivity index (χ3n) is 2.64. The maximum atomic E-state index is 11.4. The van der Waals surface area contributed by atoms with Crippen LogP contribution in [0.15, 0.2) is 35.1 Å².